The Bertz CT molecular complexity index is 379. The van der Waals surface area contributed by atoms with Crippen LogP contribution in [0, 0.1) is 0 Å². The fourth-order valence-electron chi connectivity index (χ4n) is 1.20. The third kappa shape index (κ3) is 3.23. The Hall–Kier alpha value is -1.08. The summed E-state index contributed by atoms with van der Waals surface area (Å²) in [5.41, 5.74) is 4.63. The van der Waals surface area contributed by atoms with Crippen LogP contribution in [-0.4, -0.2) is 19.2 Å². The van der Waals surface area contributed by atoms with Gasteiger partial charge in [0, 0.05) is 0 Å². The molecule has 2 N–H and O–H groups in total. The lowest BCUT2D eigenvalue weighted by atomic mass is 10.0. The van der Waals surface area contributed by atoms with E-state index in [0.717, 1.165) is 12.1 Å². The number of benzene rings is 1. The molecule has 0 aliphatic rings. The zero-order valence-corrected chi connectivity index (χ0v) is 9.99. The second kappa shape index (κ2) is 5.71. The Morgan fingerprint density at radius 2 is 1.50 bits per heavy atom. The van der Waals surface area contributed by atoms with Crippen LogP contribution in [0.4, 0.5) is 22.0 Å². The van der Waals surface area contributed by atoms with Crippen molar-refractivity contribution >= 4 is 12.4 Å². The molecule has 0 fully saturated rings. The van der Waals surface area contributed by atoms with Crippen molar-refractivity contribution in [2.75, 3.05) is 7.11 Å². The minimum Gasteiger partial charge on any atom is -0.497 e. The summed E-state index contributed by atoms with van der Waals surface area (Å²) in [5, 5.41) is 0. The van der Waals surface area contributed by atoms with Crippen LogP contribution in [0.15, 0.2) is 24.3 Å². The maximum atomic E-state index is 12.9. The highest BCUT2D eigenvalue weighted by Gasteiger charge is 2.61. The molecule has 104 valence electrons. The number of alkyl halides is 5. The number of halogens is 6. The van der Waals surface area contributed by atoms with Gasteiger partial charge in [-0.3, -0.25) is 0 Å². The van der Waals surface area contributed by atoms with Crippen molar-refractivity contribution in [3.8, 4) is 5.75 Å². The van der Waals surface area contributed by atoms with E-state index in [9.17, 15) is 22.0 Å². The maximum absolute atomic E-state index is 12.9. The van der Waals surface area contributed by atoms with Gasteiger partial charge in [-0.2, -0.15) is 22.0 Å². The summed E-state index contributed by atoms with van der Waals surface area (Å²) in [6.45, 7) is 0. The SMILES string of the molecule is COc1ccc(C(N)C(F)(F)C(F)(F)F)cc1.Cl. The van der Waals surface area contributed by atoms with E-state index in [1.54, 1.807) is 0 Å². The van der Waals surface area contributed by atoms with Crippen LogP contribution in [-0.2, 0) is 0 Å². The fraction of sp³-hybridized carbons (Fsp3) is 0.400. The molecule has 8 heteroatoms. The van der Waals surface area contributed by atoms with Gasteiger partial charge in [0.15, 0.2) is 0 Å². The number of methoxy groups -OCH3 is 1. The Balaban J connectivity index is 0.00000289. The molecular weight excluding hydrogens is 281 g/mol. The van der Waals surface area contributed by atoms with Gasteiger partial charge in [-0.05, 0) is 17.7 Å². The van der Waals surface area contributed by atoms with Crippen molar-refractivity contribution in [3.63, 3.8) is 0 Å². The molecule has 2 nitrogen and oxygen atoms in total. The molecule has 1 aromatic rings. The highest BCUT2D eigenvalue weighted by Crippen LogP contribution is 2.43. The van der Waals surface area contributed by atoms with Crippen LogP contribution in [0.3, 0.4) is 0 Å². The molecule has 0 saturated carbocycles. The van der Waals surface area contributed by atoms with Crippen LogP contribution in [0.2, 0.25) is 0 Å². The predicted molar refractivity (Wildman–Crippen MR) is 58.2 cm³/mol. The van der Waals surface area contributed by atoms with Crippen LogP contribution in [0.5, 0.6) is 5.75 Å². The van der Waals surface area contributed by atoms with E-state index >= 15 is 0 Å². The van der Waals surface area contributed by atoms with Crippen molar-refractivity contribution in [2.24, 2.45) is 5.73 Å². The molecule has 0 heterocycles. The van der Waals surface area contributed by atoms with Gasteiger partial charge in [0.05, 0.1) is 7.11 Å². The second-order valence-corrected chi connectivity index (χ2v) is 3.37. The van der Waals surface area contributed by atoms with E-state index in [1.165, 1.54) is 19.2 Å². The van der Waals surface area contributed by atoms with Gasteiger partial charge >= 0.3 is 12.1 Å². The van der Waals surface area contributed by atoms with Crippen molar-refractivity contribution < 1.29 is 26.7 Å². The van der Waals surface area contributed by atoms with Gasteiger partial charge < -0.3 is 10.5 Å². The molecule has 0 saturated heterocycles. The Kier molecular flexibility index (Phi) is 5.36. The molecule has 0 aliphatic heterocycles. The molecule has 1 rings (SSSR count). The third-order valence-corrected chi connectivity index (χ3v) is 2.24. The first kappa shape index (κ1) is 16.9. The first-order valence-corrected chi connectivity index (χ1v) is 4.54. The highest BCUT2D eigenvalue weighted by molar-refractivity contribution is 5.85. The second-order valence-electron chi connectivity index (χ2n) is 3.37. The molecule has 1 aromatic carbocycles. The van der Waals surface area contributed by atoms with Crippen LogP contribution < -0.4 is 10.5 Å². The van der Waals surface area contributed by atoms with Crippen molar-refractivity contribution in [1.29, 1.82) is 0 Å². The molecule has 0 bridgehead atoms. The van der Waals surface area contributed by atoms with E-state index in [2.05, 4.69) is 0 Å². The van der Waals surface area contributed by atoms with Crippen LogP contribution >= 0.6 is 12.4 Å². The monoisotopic (exact) mass is 291 g/mol. The molecule has 0 radical (unpaired) electrons. The minimum atomic E-state index is -5.67. The van der Waals surface area contributed by atoms with Crippen molar-refractivity contribution in [2.45, 2.75) is 18.1 Å². The summed E-state index contributed by atoms with van der Waals surface area (Å²) in [6, 6.07) is 2.24. The van der Waals surface area contributed by atoms with E-state index in [4.69, 9.17) is 10.5 Å². The Labute approximate surface area is 106 Å². The van der Waals surface area contributed by atoms with E-state index < -0.39 is 18.1 Å². The number of hydrogen-bond donors (Lipinski definition) is 1. The molecule has 0 spiro atoms. The average Bonchev–Trinajstić information content (AvgIpc) is 2.26. The first-order chi connectivity index (χ1) is 7.70. The summed E-state index contributed by atoms with van der Waals surface area (Å²) in [7, 11) is 1.35. The summed E-state index contributed by atoms with van der Waals surface area (Å²) in [6.07, 6.45) is -5.67. The van der Waals surface area contributed by atoms with Crippen LogP contribution in [0.1, 0.15) is 11.6 Å². The van der Waals surface area contributed by atoms with E-state index in [-0.39, 0.29) is 18.0 Å². The molecule has 0 aromatic heterocycles. The minimum absolute atomic E-state index is 0. The van der Waals surface area contributed by atoms with Crippen molar-refractivity contribution in [3.05, 3.63) is 29.8 Å². The maximum Gasteiger partial charge on any atom is 0.455 e. The lowest BCUT2D eigenvalue weighted by molar-refractivity contribution is -0.291. The van der Waals surface area contributed by atoms with Gasteiger partial charge in [0.1, 0.15) is 11.8 Å². The Morgan fingerprint density at radius 1 is 1.06 bits per heavy atom. The van der Waals surface area contributed by atoms with Gasteiger partial charge in [0.25, 0.3) is 0 Å². The zero-order chi connectivity index (χ0) is 13.3. The molecular formula is C10H11ClF5NO. The fourth-order valence-corrected chi connectivity index (χ4v) is 1.20. The molecule has 18 heavy (non-hydrogen) atoms. The largest absolute Gasteiger partial charge is 0.497 e. The number of ether oxygens (including phenoxy) is 1. The quantitative estimate of drug-likeness (QED) is 0.867. The third-order valence-electron chi connectivity index (χ3n) is 2.24. The summed E-state index contributed by atoms with van der Waals surface area (Å²) >= 11 is 0. The smallest absolute Gasteiger partial charge is 0.455 e. The topological polar surface area (TPSA) is 35.2 Å². The van der Waals surface area contributed by atoms with Gasteiger partial charge in [0.2, 0.25) is 0 Å². The van der Waals surface area contributed by atoms with Gasteiger partial charge in [-0.25, -0.2) is 0 Å². The van der Waals surface area contributed by atoms with E-state index in [0.29, 0.717) is 5.75 Å². The summed E-state index contributed by atoms with van der Waals surface area (Å²) in [4.78, 5) is 0. The first-order valence-electron chi connectivity index (χ1n) is 4.54. The lowest BCUT2D eigenvalue weighted by Crippen LogP contribution is -2.45. The van der Waals surface area contributed by atoms with Gasteiger partial charge in [-0.15, -0.1) is 12.4 Å². The Morgan fingerprint density at radius 3 is 1.83 bits per heavy atom. The van der Waals surface area contributed by atoms with Crippen LogP contribution in [0.25, 0.3) is 0 Å². The predicted octanol–water partition coefficient (Wildman–Crippen LogP) is 3.31. The zero-order valence-electron chi connectivity index (χ0n) is 9.17. The molecule has 1 unspecified atom stereocenters. The standard InChI is InChI=1S/C10H10F5NO.ClH/c1-17-7-4-2-6(3-5-7)8(16)9(11,12)10(13,14)15;/h2-5,8H,16H2,1H3;1H. The number of hydrogen-bond acceptors (Lipinski definition) is 2. The van der Waals surface area contributed by atoms with Gasteiger partial charge in [-0.1, -0.05) is 12.1 Å². The molecule has 1 atom stereocenters. The molecule has 0 amide bonds. The van der Waals surface area contributed by atoms with Crippen molar-refractivity contribution in [1.82, 2.24) is 0 Å². The van der Waals surface area contributed by atoms with E-state index in [1.807, 2.05) is 0 Å². The molecule has 0 aliphatic carbocycles. The highest BCUT2D eigenvalue weighted by atomic mass is 35.5. The number of nitrogens with two attached hydrogens (primary N) is 1. The normalized spacial score (nSPS) is 13.7. The summed E-state index contributed by atoms with van der Waals surface area (Å²) in [5.74, 6) is -4.63. The number of rotatable bonds is 3. The average molecular weight is 292 g/mol. The lowest BCUT2D eigenvalue weighted by Gasteiger charge is -2.25. The summed E-state index contributed by atoms with van der Waals surface area (Å²) < 4.78 is 66.8.